The van der Waals surface area contributed by atoms with Gasteiger partial charge in [0, 0.05) is 12.2 Å². The van der Waals surface area contributed by atoms with E-state index in [-0.39, 0.29) is 5.91 Å². The van der Waals surface area contributed by atoms with E-state index in [1.54, 1.807) is 24.3 Å². The molecule has 1 N–H and O–H groups in total. The van der Waals surface area contributed by atoms with Gasteiger partial charge < -0.3 is 10.1 Å². The van der Waals surface area contributed by atoms with E-state index in [2.05, 4.69) is 5.32 Å². The van der Waals surface area contributed by atoms with E-state index in [4.69, 9.17) is 4.74 Å². The van der Waals surface area contributed by atoms with Crippen molar-refractivity contribution in [3.05, 3.63) is 60.2 Å². The number of ether oxygens (including phenoxy) is 1. The van der Waals surface area contributed by atoms with Crippen LogP contribution in [0.3, 0.4) is 0 Å². The predicted octanol–water partition coefficient (Wildman–Crippen LogP) is 3.02. The lowest BCUT2D eigenvalue weighted by Crippen LogP contribution is -2.49. The number of nitrogens with zero attached hydrogens (tertiary/aromatic N) is 1. The van der Waals surface area contributed by atoms with Crippen LogP contribution in [-0.2, 0) is 21.4 Å². The van der Waals surface area contributed by atoms with E-state index in [1.165, 1.54) is 4.31 Å². The minimum Gasteiger partial charge on any atom is -0.489 e. The van der Waals surface area contributed by atoms with Crippen molar-refractivity contribution in [2.45, 2.75) is 31.9 Å². The number of carbonyl (C=O) groups is 1. The number of sulfonamides is 1. The molecule has 144 valence electrons. The number of nitrogens with one attached hydrogen (secondary N) is 1. The Bertz CT molecular complexity index is 867. The molecule has 1 aliphatic heterocycles. The minimum atomic E-state index is -3.40. The number of anilines is 1. The molecule has 1 atom stereocenters. The van der Waals surface area contributed by atoms with Crippen LogP contribution < -0.4 is 10.1 Å². The first-order valence-corrected chi connectivity index (χ1v) is 10.8. The third-order valence-corrected chi connectivity index (χ3v) is 5.84. The normalized spacial score (nSPS) is 18.0. The van der Waals surface area contributed by atoms with Crippen LogP contribution in [0.25, 0.3) is 0 Å². The monoisotopic (exact) mass is 388 g/mol. The summed E-state index contributed by atoms with van der Waals surface area (Å²) in [5.74, 6) is 0.408. The molecule has 0 unspecified atom stereocenters. The van der Waals surface area contributed by atoms with Crippen LogP contribution in [0.1, 0.15) is 24.8 Å². The van der Waals surface area contributed by atoms with E-state index < -0.39 is 16.1 Å². The third kappa shape index (κ3) is 5.30. The second-order valence-electron chi connectivity index (χ2n) is 6.67. The summed E-state index contributed by atoms with van der Waals surface area (Å²) < 4.78 is 30.9. The molecule has 6 nitrogen and oxygen atoms in total. The van der Waals surface area contributed by atoms with Crippen LogP contribution in [0.2, 0.25) is 0 Å². The Balaban J connectivity index is 1.59. The molecule has 0 radical (unpaired) electrons. The molecule has 1 fully saturated rings. The number of piperidine rings is 1. The van der Waals surface area contributed by atoms with Crippen molar-refractivity contribution in [1.82, 2.24) is 4.31 Å². The fourth-order valence-electron chi connectivity index (χ4n) is 3.16. The summed E-state index contributed by atoms with van der Waals surface area (Å²) in [6.45, 7) is 0.862. The lowest BCUT2D eigenvalue weighted by atomic mass is 10.0. The first kappa shape index (κ1) is 19.4. The Labute approximate surface area is 160 Å². The van der Waals surface area contributed by atoms with Crippen molar-refractivity contribution in [3.63, 3.8) is 0 Å². The van der Waals surface area contributed by atoms with Crippen LogP contribution in [0.5, 0.6) is 5.75 Å². The Kier molecular flexibility index (Phi) is 6.13. The highest BCUT2D eigenvalue weighted by Crippen LogP contribution is 2.22. The van der Waals surface area contributed by atoms with Crippen molar-refractivity contribution < 1.29 is 17.9 Å². The molecule has 1 heterocycles. The molecular weight excluding hydrogens is 364 g/mol. The maximum Gasteiger partial charge on any atom is 0.242 e. The molecular formula is C20H24N2O4S. The highest BCUT2D eigenvalue weighted by Gasteiger charge is 2.34. The van der Waals surface area contributed by atoms with Crippen LogP contribution in [0, 0.1) is 0 Å². The summed E-state index contributed by atoms with van der Waals surface area (Å²) in [5, 5.41) is 2.81. The molecule has 1 amide bonds. The zero-order valence-corrected chi connectivity index (χ0v) is 16.1. The maximum absolute atomic E-state index is 12.6. The smallest absolute Gasteiger partial charge is 0.242 e. The molecule has 2 aromatic carbocycles. The van der Waals surface area contributed by atoms with E-state index in [0.29, 0.717) is 31.0 Å². The number of carbonyl (C=O) groups excluding carboxylic acids is 1. The largest absolute Gasteiger partial charge is 0.489 e. The summed E-state index contributed by atoms with van der Waals surface area (Å²) >= 11 is 0. The second-order valence-corrected chi connectivity index (χ2v) is 8.61. The molecule has 7 heteroatoms. The van der Waals surface area contributed by atoms with Gasteiger partial charge in [-0.3, -0.25) is 4.79 Å². The van der Waals surface area contributed by atoms with Gasteiger partial charge in [0.15, 0.2) is 0 Å². The molecule has 3 rings (SSSR count). The lowest BCUT2D eigenvalue weighted by Gasteiger charge is -2.32. The van der Waals surface area contributed by atoms with Crippen LogP contribution >= 0.6 is 0 Å². The number of benzene rings is 2. The van der Waals surface area contributed by atoms with Crippen molar-refractivity contribution in [2.24, 2.45) is 0 Å². The van der Waals surface area contributed by atoms with Gasteiger partial charge in [-0.25, -0.2) is 8.42 Å². The molecule has 0 bridgehead atoms. The van der Waals surface area contributed by atoms with Gasteiger partial charge in [-0.2, -0.15) is 4.31 Å². The quantitative estimate of drug-likeness (QED) is 0.825. The average Bonchev–Trinajstić information content (AvgIpc) is 2.67. The number of hydrogen-bond acceptors (Lipinski definition) is 4. The second kappa shape index (κ2) is 8.54. The molecule has 1 aliphatic rings. The van der Waals surface area contributed by atoms with Gasteiger partial charge in [-0.1, -0.05) is 36.8 Å². The summed E-state index contributed by atoms with van der Waals surface area (Å²) in [6.07, 6.45) is 3.31. The van der Waals surface area contributed by atoms with Gasteiger partial charge in [-0.05, 0) is 42.7 Å². The Morgan fingerprint density at radius 3 is 2.48 bits per heavy atom. The fraction of sp³-hybridized carbons (Fsp3) is 0.350. The topological polar surface area (TPSA) is 75.7 Å². The average molecular weight is 388 g/mol. The number of rotatable bonds is 6. The number of amides is 1. The summed E-state index contributed by atoms with van der Waals surface area (Å²) in [5.41, 5.74) is 1.69. The van der Waals surface area contributed by atoms with Gasteiger partial charge in [0.1, 0.15) is 18.4 Å². The lowest BCUT2D eigenvalue weighted by molar-refractivity contribution is -0.120. The highest BCUT2D eigenvalue weighted by molar-refractivity contribution is 7.88. The van der Waals surface area contributed by atoms with Gasteiger partial charge >= 0.3 is 0 Å². The predicted molar refractivity (Wildman–Crippen MR) is 105 cm³/mol. The Morgan fingerprint density at radius 2 is 1.81 bits per heavy atom. The van der Waals surface area contributed by atoms with Gasteiger partial charge in [0.05, 0.1) is 6.26 Å². The third-order valence-electron chi connectivity index (χ3n) is 4.55. The molecule has 1 saturated heterocycles. The van der Waals surface area contributed by atoms with Crippen molar-refractivity contribution in [1.29, 1.82) is 0 Å². The highest BCUT2D eigenvalue weighted by atomic mass is 32.2. The van der Waals surface area contributed by atoms with Crippen LogP contribution in [0.15, 0.2) is 54.6 Å². The zero-order valence-electron chi connectivity index (χ0n) is 15.3. The molecule has 2 aromatic rings. The molecule has 0 aromatic heterocycles. The zero-order chi connectivity index (χ0) is 19.3. The Morgan fingerprint density at radius 1 is 1.11 bits per heavy atom. The van der Waals surface area contributed by atoms with Crippen molar-refractivity contribution in [3.8, 4) is 5.75 Å². The standard InChI is InChI=1S/C20H24N2O4S/c1-27(24,25)22-14-6-5-9-19(22)20(23)21-17-10-12-18(13-11-17)26-15-16-7-3-2-4-8-16/h2-4,7-8,10-13,19H,5-6,9,14-15H2,1H3,(H,21,23)/t19-/m1/s1. The van der Waals surface area contributed by atoms with Crippen LogP contribution in [-0.4, -0.2) is 37.5 Å². The van der Waals surface area contributed by atoms with E-state index >= 15 is 0 Å². The van der Waals surface area contributed by atoms with Gasteiger partial charge in [0.2, 0.25) is 15.9 Å². The van der Waals surface area contributed by atoms with Crippen molar-refractivity contribution in [2.75, 3.05) is 18.1 Å². The summed E-state index contributed by atoms with van der Waals surface area (Å²) in [6, 6.07) is 16.3. The first-order chi connectivity index (χ1) is 12.9. The molecule has 0 aliphatic carbocycles. The van der Waals surface area contributed by atoms with E-state index in [1.807, 2.05) is 30.3 Å². The molecule has 27 heavy (non-hydrogen) atoms. The van der Waals surface area contributed by atoms with E-state index in [0.717, 1.165) is 24.7 Å². The van der Waals surface area contributed by atoms with E-state index in [9.17, 15) is 13.2 Å². The van der Waals surface area contributed by atoms with Gasteiger partial charge in [-0.15, -0.1) is 0 Å². The Hall–Kier alpha value is -2.38. The minimum absolute atomic E-state index is 0.293. The molecule has 0 saturated carbocycles. The van der Waals surface area contributed by atoms with Crippen LogP contribution in [0.4, 0.5) is 5.69 Å². The SMILES string of the molecule is CS(=O)(=O)N1CCCC[C@@H]1C(=O)Nc1ccc(OCc2ccccc2)cc1. The number of hydrogen-bond donors (Lipinski definition) is 1. The maximum atomic E-state index is 12.6. The summed E-state index contributed by atoms with van der Waals surface area (Å²) in [7, 11) is -3.40. The molecule has 0 spiro atoms. The van der Waals surface area contributed by atoms with Crippen molar-refractivity contribution >= 4 is 21.6 Å². The first-order valence-electron chi connectivity index (χ1n) is 8.98. The fourth-order valence-corrected chi connectivity index (χ4v) is 4.29. The summed E-state index contributed by atoms with van der Waals surface area (Å²) in [4.78, 5) is 12.6. The van der Waals surface area contributed by atoms with Gasteiger partial charge in [0.25, 0.3) is 0 Å².